The molecule has 0 amide bonds. The monoisotopic (exact) mass is 533 g/mol. The Kier molecular flexibility index (Phi) is 8.09. The number of hydrogen-bond acceptors (Lipinski definition) is 10. The average Bonchev–Trinajstić information content (AvgIpc) is 2.92. The van der Waals surface area contributed by atoms with Crippen molar-refractivity contribution in [3.63, 3.8) is 0 Å². The quantitative estimate of drug-likeness (QED) is 0.387. The van der Waals surface area contributed by atoms with E-state index in [1.807, 2.05) is 4.90 Å². The normalized spacial score (nSPS) is 18.6. The molecule has 0 aromatic carbocycles. The molecule has 0 unspecified atom stereocenters. The Labute approximate surface area is 227 Å². The maximum Gasteiger partial charge on any atom is 0.147 e. The molecule has 2 aromatic heterocycles. The number of aliphatic hydroxyl groups is 2. The number of aromatic nitrogens is 3. The summed E-state index contributed by atoms with van der Waals surface area (Å²) in [6, 6.07) is 5.03. The van der Waals surface area contributed by atoms with Crippen molar-refractivity contribution in [3.8, 4) is 6.07 Å². The van der Waals surface area contributed by atoms with Gasteiger partial charge in [-0.05, 0) is 51.8 Å². The van der Waals surface area contributed by atoms with Gasteiger partial charge >= 0.3 is 0 Å². The molecule has 0 bridgehead atoms. The first-order valence-electron chi connectivity index (χ1n) is 12.6. The van der Waals surface area contributed by atoms with Crippen LogP contribution in [-0.4, -0.2) is 67.8 Å². The van der Waals surface area contributed by atoms with Crippen LogP contribution in [0.5, 0.6) is 0 Å². The summed E-state index contributed by atoms with van der Waals surface area (Å²) >= 11 is 0. The van der Waals surface area contributed by atoms with Crippen molar-refractivity contribution >= 4 is 18.1 Å². The van der Waals surface area contributed by atoms with Crippen LogP contribution in [0.2, 0.25) is 0 Å². The topological polar surface area (TPSA) is 131 Å². The van der Waals surface area contributed by atoms with E-state index in [1.165, 1.54) is 23.3 Å². The lowest BCUT2D eigenvalue weighted by molar-refractivity contribution is 0.00480. The number of nitrogens with zero attached hydrogens (tertiary/aromatic N) is 7. The van der Waals surface area contributed by atoms with Crippen LogP contribution < -0.4 is 4.90 Å². The maximum absolute atomic E-state index is 14.1. The average molecular weight is 534 g/mol. The smallest absolute Gasteiger partial charge is 0.147 e. The van der Waals surface area contributed by atoms with E-state index in [0.717, 1.165) is 0 Å². The highest BCUT2D eigenvalue weighted by molar-refractivity contribution is 5.81. The lowest BCUT2D eigenvalue weighted by atomic mass is 9.86. The predicted octanol–water partition coefficient (Wildman–Crippen LogP) is 3.33. The van der Waals surface area contributed by atoms with Crippen LogP contribution in [0.3, 0.4) is 0 Å². The molecule has 0 radical (unpaired) electrons. The van der Waals surface area contributed by atoms with Crippen LogP contribution in [0, 0.1) is 17.1 Å². The van der Waals surface area contributed by atoms with Gasteiger partial charge in [0.05, 0.1) is 58.5 Å². The largest absolute Gasteiger partial charge is 0.489 e. The number of halogens is 1. The number of hydrazone groups is 1. The Morgan fingerprint density at radius 2 is 2.03 bits per heavy atom. The van der Waals surface area contributed by atoms with E-state index >= 15 is 0 Å². The minimum atomic E-state index is -1.05. The molecule has 0 spiro atoms. The number of hydrogen-bond donors (Lipinski definition) is 2. The second kappa shape index (κ2) is 11.3. The third kappa shape index (κ3) is 6.66. The Bertz CT molecular complexity index is 1350. The fourth-order valence-electron chi connectivity index (χ4n) is 4.44. The van der Waals surface area contributed by atoms with Gasteiger partial charge in [0.25, 0.3) is 0 Å². The summed E-state index contributed by atoms with van der Waals surface area (Å²) in [7, 11) is 0. The van der Waals surface area contributed by atoms with E-state index in [2.05, 4.69) is 32.8 Å². The van der Waals surface area contributed by atoms with Crippen LogP contribution in [0.25, 0.3) is 5.57 Å². The van der Waals surface area contributed by atoms with E-state index in [1.54, 1.807) is 45.4 Å². The first kappa shape index (κ1) is 27.9. The lowest BCUT2D eigenvalue weighted by Gasteiger charge is -2.38. The highest BCUT2D eigenvalue weighted by atomic mass is 19.1. The van der Waals surface area contributed by atoms with Gasteiger partial charge in [-0.25, -0.2) is 14.4 Å². The predicted molar refractivity (Wildman–Crippen MR) is 144 cm³/mol. The zero-order valence-corrected chi connectivity index (χ0v) is 22.3. The van der Waals surface area contributed by atoms with Crippen molar-refractivity contribution in [2.45, 2.75) is 51.2 Å². The van der Waals surface area contributed by atoms with Gasteiger partial charge in [0.1, 0.15) is 24.0 Å². The molecule has 204 valence electrons. The van der Waals surface area contributed by atoms with E-state index < -0.39 is 17.0 Å². The molecule has 1 saturated heterocycles. The number of ether oxygens (including phenoxy) is 1. The Morgan fingerprint density at radius 3 is 2.62 bits per heavy atom. The molecule has 0 atom stereocenters. The molecule has 11 heteroatoms. The Hall–Kier alpha value is -4.14. The molecular weight excluding hydrogens is 501 g/mol. The molecule has 2 aromatic rings. The van der Waals surface area contributed by atoms with Crippen molar-refractivity contribution in [1.82, 2.24) is 20.0 Å². The van der Waals surface area contributed by atoms with Crippen molar-refractivity contribution in [2.24, 2.45) is 5.10 Å². The van der Waals surface area contributed by atoms with Crippen molar-refractivity contribution in [3.05, 3.63) is 77.2 Å². The van der Waals surface area contributed by atoms with Gasteiger partial charge < -0.3 is 19.8 Å². The van der Waals surface area contributed by atoms with Gasteiger partial charge in [-0.3, -0.25) is 9.97 Å². The number of piperidine rings is 1. The van der Waals surface area contributed by atoms with Crippen molar-refractivity contribution in [1.29, 1.82) is 5.26 Å². The fourth-order valence-corrected chi connectivity index (χ4v) is 4.44. The van der Waals surface area contributed by atoms with E-state index in [4.69, 9.17) is 4.74 Å². The summed E-state index contributed by atoms with van der Waals surface area (Å²) in [5.41, 5.74) is 0.124. The van der Waals surface area contributed by atoms with Crippen molar-refractivity contribution in [2.75, 3.05) is 24.6 Å². The standard InChI is InChI=1S/C28H32FN7O3/c1-19(14-30)26-21(12-20(17-36(26)31-4)39-18-27(2,3)37)24-15-34-25(16-33-24)35-10-7-28(38,8-11-35)13-23-22(29)6-5-9-32-23/h5-6,9,12,15-17,37-38H,4,7-8,10-11,13,18H2,1-3H3/b26-19+. The van der Waals surface area contributed by atoms with Gasteiger partial charge in [-0.15, -0.1) is 0 Å². The van der Waals surface area contributed by atoms with Crippen LogP contribution in [0.1, 0.15) is 45.0 Å². The summed E-state index contributed by atoms with van der Waals surface area (Å²) in [6.07, 6.45) is 9.10. The zero-order chi connectivity index (χ0) is 28.2. The van der Waals surface area contributed by atoms with Gasteiger partial charge in [0.2, 0.25) is 0 Å². The van der Waals surface area contributed by atoms with Crippen LogP contribution in [0.15, 0.2) is 65.1 Å². The number of allylic oxidation sites excluding steroid dienone is 3. The van der Waals surface area contributed by atoms with E-state index in [0.29, 0.717) is 60.0 Å². The number of anilines is 1. The Balaban J connectivity index is 1.52. The highest BCUT2D eigenvalue weighted by Crippen LogP contribution is 2.34. The highest BCUT2D eigenvalue weighted by Gasteiger charge is 2.34. The Morgan fingerprint density at radius 1 is 1.28 bits per heavy atom. The first-order valence-corrected chi connectivity index (χ1v) is 12.6. The second-order valence-electron chi connectivity index (χ2n) is 10.3. The third-order valence-corrected chi connectivity index (χ3v) is 6.55. The summed E-state index contributed by atoms with van der Waals surface area (Å²) < 4.78 is 19.8. The number of pyridine rings is 1. The van der Waals surface area contributed by atoms with Crippen LogP contribution in [-0.2, 0) is 11.2 Å². The second-order valence-corrected chi connectivity index (χ2v) is 10.3. The SMILES string of the molecule is C=NN1C=C(OCC(C)(C)O)C=C(c2cnc(N3CCC(O)(Cc4ncccc4F)CC3)cn2)/C1=C(/C)C#N. The zero-order valence-electron chi connectivity index (χ0n) is 22.3. The first-order chi connectivity index (χ1) is 18.5. The van der Waals surface area contributed by atoms with Gasteiger partial charge in [0, 0.05) is 38.0 Å². The van der Waals surface area contributed by atoms with Gasteiger partial charge in [0.15, 0.2) is 0 Å². The molecule has 10 nitrogen and oxygen atoms in total. The molecule has 0 saturated carbocycles. The van der Waals surface area contributed by atoms with Crippen molar-refractivity contribution < 1.29 is 19.3 Å². The van der Waals surface area contributed by atoms with E-state index in [-0.39, 0.29) is 18.7 Å². The van der Waals surface area contributed by atoms with Crippen LogP contribution in [0.4, 0.5) is 10.2 Å². The summed E-state index contributed by atoms with van der Waals surface area (Å²) in [6.45, 7) is 9.64. The van der Waals surface area contributed by atoms with E-state index in [9.17, 15) is 19.9 Å². The summed E-state index contributed by atoms with van der Waals surface area (Å²) in [4.78, 5) is 15.3. The lowest BCUT2D eigenvalue weighted by Crippen LogP contribution is -2.46. The molecular formula is C28H32FN7O3. The molecule has 39 heavy (non-hydrogen) atoms. The van der Waals surface area contributed by atoms with Gasteiger partial charge in [-0.2, -0.15) is 10.4 Å². The minimum Gasteiger partial charge on any atom is -0.489 e. The maximum atomic E-state index is 14.1. The number of nitriles is 1. The number of rotatable bonds is 8. The van der Waals surface area contributed by atoms with Gasteiger partial charge in [-0.1, -0.05) is 0 Å². The summed E-state index contributed by atoms with van der Waals surface area (Å²) in [5.74, 6) is 0.636. The molecule has 2 N–H and O–H groups in total. The molecule has 4 heterocycles. The molecule has 1 fully saturated rings. The fraction of sp³-hybridized carbons (Fsp3) is 0.393. The third-order valence-electron chi connectivity index (χ3n) is 6.55. The molecule has 2 aliphatic heterocycles. The molecule has 4 rings (SSSR count). The summed E-state index contributed by atoms with van der Waals surface area (Å²) in [5, 5.41) is 36.2. The minimum absolute atomic E-state index is 0.0444. The molecule has 0 aliphatic carbocycles. The molecule has 2 aliphatic rings. The van der Waals surface area contributed by atoms with Crippen LogP contribution >= 0.6 is 0 Å².